The molecular weight excluding hydrogens is 221 g/mol. The summed E-state index contributed by atoms with van der Waals surface area (Å²) in [6.45, 7) is 3.64. The minimum atomic E-state index is -0.901. The van der Waals surface area contributed by atoms with Gasteiger partial charge in [0, 0.05) is 11.3 Å². The number of nitrogens with one attached hydrogen (secondary N) is 1. The van der Waals surface area contributed by atoms with Crippen LogP contribution in [-0.2, 0) is 4.79 Å². The van der Waals surface area contributed by atoms with E-state index in [1.54, 1.807) is 19.1 Å². The fourth-order valence-corrected chi connectivity index (χ4v) is 1.62. The predicted octanol–water partition coefficient (Wildman–Crippen LogP) is 3.19. The highest BCUT2D eigenvalue weighted by Gasteiger charge is 2.17. The summed E-state index contributed by atoms with van der Waals surface area (Å²) < 4.78 is 13.3. The number of rotatable bonds is 6. The number of hydrogen-bond acceptors (Lipinski definition) is 2. The van der Waals surface area contributed by atoms with E-state index in [2.05, 4.69) is 5.32 Å². The number of carbonyl (C=O) groups is 1. The van der Waals surface area contributed by atoms with Gasteiger partial charge in [-0.05, 0) is 25.5 Å². The van der Waals surface area contributed by atoms with Crippen LogP contribution in [0.5, 0.6) is 0 Å². The summed E-state index contributed by atoms with van der Waals surface area (Å²) in [5.41, 5.74) is 1.00. The predicted molar refractivity (Wildman–Crippen MR) is 65.7 cm³/mol. The van der Waals surface area contributed by atoms with Crippen molar-refractivity contribution in [1.82, 2.24) is 0 Å². The van der Waals surface area contributed by atoms with Gasteiger partial charge in [0.1, 0.15) is 11.9 Å². The molecule has 0 saturated heterocycles. The molecule has 0 saturated carbocycles. The third-order valence-corrected chi connectivity index (χ3v) is 2.74. The number of aliphatic carboxylic acids is 1. The van der Waals surface area contributed by atoms with Gasteiger partial charge in [-0.15, -0.1) is 0 Å². The summed E-state index contributed by atoms with van der Waals surface area (Å²) in [5.74, 6) is -1.23. The Morgan fingerprint density at radius 3 is 2.82 bits per heavy atom. The fraction of sp³-hybridized carbons (Fsp3) is 0.462. The van der Waals surface area contributed by atoms with Crippen LogP contribution in [0.4, 0.5) is 10.1 Å². The Labute approximate surface area is 101 Å². The first kappa shape index (κ1) is 13.5. The molecule has 1 aromatic rings. The summed E-state index contributed by atoms with van der Waals surface area (Å²) in [4.78, 5) is 11.0. The molecule has 17 heavy (non-hydrogen) atoms. The van der Waals surface area contributed by atoms with Crippen molar-refractivity contribution in [2.75, 3.05) is 5.32 Å². The first-order valence-corrected chi connectivity index (χ1v) is 5.80. The van der Waals surface area contributed by atoms with Gasteiger partial charge in [-0.3, -0.25) is 0 Å². The topological polar surface area (TPSA) is 49.3 Å². The number of hydrogen-bond donors (Lipinski definition) is 2. The van der Waals surface area contributed by atoms with E-state index in [0.29, 0.717) is 17.7 Å². The van der Waals surface area contributed by atoms with Gasteiger partial charge in [0.15, 0.2) is 0 Å². The highest BCUT2D eigenvalue weighted by atomic mass is 19.1. The molecule has 1 aromatic carbocycles. The lowest BCUT2D eigenvalue weighted by Gasteiger charge is -2.17. The Morgan fingerprint density at radius 1 is 1.53 bits per heavy atom. The van der Waals surface area contributed by atoms with Crippen LogP contribution in [0, 0.1) is 12.7 Å². The molecule has 0 aliphatic heterocycles. The zero-order valence-corrected chi connectivity index (χ0v) is 10.2. The quantitative estimate of drug-likeness (QED) is 0.801. The second-order valence-corrected chi connectivity index (χ2v) is 4.09. The summed E-state index contributed by atoms with van der Waals surface area (Å²) in [6.07, 6.45) is 2.31. The van der Waals surface area contributed by atoms with Gasteiger partial charge in [-0.25, -0.2) is 9.18 Å². The molecule has 0 spiro atoms. The first-order chi connectivity index (χ1) is 8.06. The molecule has 0 amide bonds. The molecule has 0 aliphatic carbocycles. The van der Waals surface area contributed by atoms with Crippen LogP contribution in [0.2, 0.25) is 0 Å². The number of benzene rings is 1. The molecule has 3 nitrogen and oxygen atoms in total. The number of halogens is 1. The first-order valence-electron chi connectivity index (χ1n) is 5.80. The van der Waals surface area contributed by atoms with E-state index in [4.69, 9.17) is 5.11 Å². The summed E-state index contributed by atoms with van der Waals surface area (Å²) in [7, 11) is 0. The number of anilines is 1. The van der Waals surface area contributed by atoms with Crippen molar-refractivity contribution in [2.24, 2.45) is 0 Å². The molecule has 0 fully saturated rings. The number of unbranched alkanes of at least 4 members (excludes halogenated alkanes) is 1. The van der Waals surface area contributed by atoms with Crippen molar-refractivity contribution in [3.63, 3.8) is 0 Å². The normalized spacial score (nSPS) is 12.2. The van der Waals surface area contributed by atoms with Gasteiger partial charge < -0.3 is 10.4 Å². The van der Waals surface area contributed by atoms with Crippen molar-refractivity contribution >= 4 is 11.7 Å². The summed E-state index contributed by atoms with van der Waals surface area (Å²) >= 11 is 0. The highest BCUT2D eigenvalue weighted by molar-refractivity contribution is 5.77. The van der Waals surface area contributed by atoms with Gasteiger partial charge in [-0.2, -0.15) is 0 Å². The lowest BCUT2D eigenvalue weighted by Crippen LogP contribution is -2.29. The van der Waals surface area contributed by atoms with E-state index in [1.807, 2.05) is 6.92 Å². The van der Waals surface area contributed by atoms with Crippen molar-refractivity contribution < 1.29 is 14.3 Å². The van der Waals surface area contributed by atoms with Gasteiger partial charge in [-0.1, -0.05) is 25.8 Å². The molecule has 0 radical (unpaired) electrons. The summed E-state index contributed by atoms with van der Waals surface area (Å²) in [6, 6.07) is 3.97. The molecule has 1 rings (SSSR count). The molecular formula is C13H18FNO2. The van der Waals surface area contributed by atoms with E-state index >= 15 is 0 Å². The maximum Gasteiger partial charge on any atom is 0.326 e. The van der Waals surface area contributed by atoms with Crippen LogP contribution >= 0.6 is 0 Å². The Bertz CT molecular complexity index is 393. The highest BCUT2D eigenvalue weighted by Crippen LogP contribution is 2.19. The van der Waals surface area contributed by atoms with E-state index in [-0.39, 0.29) is 5.82 Å². The van der Waals surface area contributed by atoms with E-state index in [1.165, 1.54) is 6.07 Å². The van der Waals surface area contributed by atoms with Crippen LogP contribution in [0.25, 0.3) is 0 Å². The van der Waals surface area contributed by atoms with Crippen LogP contribution in [-0.4, -0.2) is 17.1 Å². The molecule has 0 aromatic heterocycles. The maximum atomic E-state index is 13.3. The standard InChI is InChI=1S/C13H18FNO2/c1-3-4-7-12(13(16)17)15-11-8-5-6-10(14)9(11)2/h5-6,8,12,15H,3-4,7H2,1-2H3,(H,16,17). The lowest BCUT2D eigenvalue weighted by atomic mass is 10.1. The molecule has 0 heterocycles. The molecule has 1 unspecified atom stereocenters. The van der Waals surface area contributed by atoms with E-state index in [9.17, 15) is 9.18 Å². The molecule has 0 aliphatic rings. The minimum Gasteiger partial charge on any atom is -0.480 e. The molecule has 1 atom stereocenters. The average Bonchev–Trinajstić information content (AvgIpc) is 2.29. The zero-order valence-electron chi connectivity index (χ0n) is 10.2. The molecule has 2 N–H and O–H groups in total. The minimum absolute atomic E-state index is 0.324. The van der Waals surface area contributed by atoms with Gasteiger partial charge in [0.05, 0.1) is 0 Å². The third-order valence-electron chi connectivity index (χ3n) is 2.74. The fourth-order valence-electron chi connectivity index (χ4n) is 1.62. The summed E-state index contributed by atoms with van der Waals surface area (Å²) in [5, 5.41) is 11.9. The third kappa shape index (κ3) is 3.73. The van der Waals surface area contributed by atoms with E-state index < -0.39 is 12.0 Å². The van der Waals surface area contributed by atoms with Gasteiger partial charge in [0.25, 0.3) is 0 Å². The van der Waals surface area contributed by atoms with E-state index in [0.717, 1.165) is 12.8 Å². The molecule has 94 valence electrons. The van der Waals surface area contributed by atoms with Crippen LogP contribution in [0.3, 0.4) is 0 Å². The van der Waals surface area contributed by atoms with Crippen molar-refractivity contribution in [3.8, 4) is 0 Å². The number of carboxylic acid groups (broad SMARTS) is 1. The lowest BCUT2D eigenvalue weighted by molar-refractivity contribution is -0.138. The largest absolute Gasteiger partial charge is 0.480 e. The Morgan fingerprint density at radius 2 is 2.24 bits per heavy atom. The van der Waals surface area contributed by atoms with Crippen LogP contribution < -0.4 is 5.32 Å². The molecule has 0 bridgehead atoms. The molecule has 4 heteroatoms. The monoisotopic (exact) mass is 239 g/mol. The second kappa shape index (κ2) is 6.23. The average molecular weight is 239 g/mol. The van der Waals surface area contributed by atoms with Crippen molar-refractivity contribution in [2.45, 2.75) is 39.2 Å². The maximum absolute atomic E-state index is 13.3. The SMILES string of the molecule is CCCCC(Nc1cccc(F)c1C)C(=O)O. The second-order valence-electron chi connectivity index (χ2n) is 4.09. The van der Waals surface area contributed by atoms with Gasteiger partial charge in [0.2, 0.25) is 0 Å². The van der Waals surface area contributed by atoms with Gasteiger partial charge >= 0.3 is 5.97 Å². The van der Waals surface area contributed by atoms with Crippen LogP contribution in [0.1, 0.15) is 31.7 Å². The smallest absolute Gasteiger partial charge is 0.326 e. The Kier molecular flexibility index (Phi) is 4.94. The number of carboxylic acids is 1. The van der Waals surface area contributed by atoms with Crippen molar-refractivity contribution in [1.29, 1.82) is 0 Å². The van der Waals surface area contributed by atoms with Crippen LogP contribution in [0.15, 0.2) is 18.2 Å². The van der Waals surface area contributed by atoms with Crippen molar-refractivity contribution in [3.05, 3.63) is 29.6 Å². The zero-order chi connectivity index (χ0) is 12.8. The Hall–Kier alpha value is -1.58. The Balaban J connectivity index is 2.78.